The zero-order chi connectivity index (χ0) is 9.19. The molecule has 0 fully saturated rings. The number of benzene rings is 1. The topological polar surface area (TPSA) is 0 Å². The van der Waals surface area contributed by atoms with E-state index in [0.29, 0.717) is 5.33 Å². The first-order valence-electron chi connectivity index (χ1n) is 3.26. The Labute approximate surface area is 76.5 Å². The van der Waals surface area contributed by atoms with E-state index >= 15 is 0 Å². The van der Waals surface area contributed by atoms with Crippen molar-refractivity contribution in [1.29, 1.82) is 0 Å². The molecule has 0 radical (unpaired) electrons. The average molecular weight is 245 g/mol. The van der Waals surface area contributed by atoms with E-state index in [4.69, 9.17) is 0 Å². The van der Waals surface area contributed by atoms with Crippen LogP contribution in [0.3, 0.4) is 0 Å². The molecule has 1 rings (SSSR count). The number of hydrogen-bond acceptors (Lipinski definition) is 0. The van der Waals surface area contributed by atoms with Gasteiger partial charge in [0.05, 0.1) is 5.56 Å². The van der Waals surface area contributed by atoms with Gasteiger partial charge in [-0.1, -0.05) is 28.1 Å². The second-order valence-electron chi connectivity index (χ2n) is 2.33. The lowest BCUT2D eigenvalue weighted by atomic mass is 10.9. The predicted molar refractivity (Wildman–Crippen MR) is 44.1 cm³/mol. The first-order valence-corrected chi connectivity index (χ1v) is 4.38. The van der Waals surface area contributed by atoms with Crippen LogP contribution in [0.5, 0.6) is 0 Å². The minimum absolute atomic E-state index is 0.575. The van der Waals surface area contributed by atoms with Crippen LogP contribution in [0.2, 0.25) is 0 Å². The zero-order valence-electron chi connectivity index (χ0n) is 6.03. The highest BCUT2D eigenvalue weighted by Crippen LogP contribution is 2.29. The lowest BCUT2D eigenvalue weighted by molar-refractivity contribution is -0.137. The molecule has 0 bridgehead atoms. The number of hydrogen-bond donors (Lipinski definition) is 0. The predicted octanol–water partition coefficient (Wildman–Crippen LogP) is 3.60. The summed E-state index contributed by atoms with van der Waals surface area (Å²) in [6.45, 7) is 0. The molecule has 0 heterocycles. The molecule has 0 amide bonds. The van der Waals surface area contributed by atoms with Crippen LogP contribution in [0, 0.1) is 0 Å². The lowest BCUT2D eigenvalue weighted by Crippen LogP contribution is -2.04. The van der Waals surface area contributed by atoms with Crippen molar-refractivity contribution in [1.82, 2.24) is 0 Å². The van der Waals surface area contributed by atoms with Crippen LogP contribution in [0.4, 0.5) is 13.2 Å². The molecule has 66 valence electrons. The molecular weight excluding hydrogens is 239 g/mol. The maximum Gasteiger partial charge on any atom is 0.416 e. The summed E-state index contributed by atoms with van der Waals surface area (Å²) in [5.41, 5.74) is 0.232. The molecule has 4 heteroatoms. The van der Waals surface area contributed by atoms with Crippen LogP contribution < -0.4 is 0 Å². The smallest absolute Gasteiger partial charge is 0.166 e. The average Bonchev–Trinajstić information content (AvgIpc) is 2.03. The SMILES string of the molecule is FC(F)(F)[13c]1[13cH][13cH][13c](CBr)[13cH][13cH]1. The third-order valence-corrected chi connectivity index (χ3v) is 2.08. The summed E-state index contributed by atoms with van der Waals surface area (Å²) in [4.78, 5) is 0. The second kappa shape index (κ2) is 3.47. The fraction of sp³-hybridized carbons (Fsp3) is 0.250. The Balaban J connectivity index is 2.93. The number of rotatable bonds is 1. The molecule has 0 unspecified atom stereocenters. The molecule has 1 aromatic rings. The maximum atomic E-state index is 12.0. The molecule has 0 spiro atoms. The second-order valence-corrected chi connectivity index (χ2v) is 2.89. The van der Waals surface area contributed by atoms with Crippen molar-refractivity contribution in [3.63, 3.8) is 0 Å². The molecule has 12 heavy (non-hydrogen) atoms. The fourth-order valence-corrected chi connectivity index (χ4v) is 1.16. The Morgan fingerprint density at radius 3 is 1.92 bits per heavy atom. The highest BCUT2D eigenvalue weighted by Gasteiger charge is 2.29. The molecule has 0 aliphatic carbocycles. The molecule has 0 atom stereocenters. The molecular formula is C8H6BrF3. The van der Waals surface area contributed by atoms with Crippen LogP contribution in [-0.2, 0) is 11.5 Å². The van der Waals surface area contributed by atoms with Gasteiger partial charge in [-0.2, -0.15) is 13.2 Å². The van der Waals surface area contributed by atoms with Gasteiger partial charge in [-0.15, -0.1) is 0 Å². The summed E-state index contributed by atoms with van der Waals surface area (Å²) < 4.78 is 36.0. The Morgan fingerprint density at radius 1 is 1.08 bits per heavy atom. The summed E-state index contributed by atoms with van der Waals surface area (Å²) in [6.07, 6.45) is -4.23. The van der Waals surface area contributed by atoms with E-state index in [1.54, 1.807) is 0 Å². The molecule has 0 nitrogen and oxygen atoms in total. The summed E-state index contributed by atoms with van der Waals surface area (Å²) >= 11 is 3.15. The van der Waals surface area contributed by atoms with Crippen LogP contribution >= 0.6 is 15.9 Å². The van der Waals surface area contributed by atoms with Gasteiger partial charge in [0.1, 0.15) is 0 Å². The molecule has 0 saturated carbocycles. The van der Waals surface area contributed by atoms with E-state index in [1.807, 2.05) is 0 Å². The van der Waals surface area contributed by atoms with Crippen LogP contribution in [0.25, 0.3) is 0 Å². The minimum atomic E-state index is -4.23. The summed E-state index contributed by atoms with van der Waals surface area (Å²) in [5.74, 6) is 0. The van der Waals surface area contributed by atoms with Crippen LogP contribution in [-0.4, -0.2) is 0 Å². The Hall–Kier alpha value is -0.510. The first-order chi connectivity index (χ1) is 5.54. The molecule has 0 aromatic heterocycles. The van der Waals surface area contributed by atoms with Crippen LogP contribution in [0.15, 0.2) is 24.3 Å². The van der Waals surface area contributed by atoms with Crippen molar-refractivity contribution >= 4 is 15.9 Å². The van der Waals surface area contributed by atoms with Gasteiger partial charge in [-0.3, -0.25) is 0 Å². The summed E-state index contributed by atoms with van der Waals surface area (Å²) in [6, 6.07) is 5.07. The fourth-order valence-electron chi connectivity index (χ4n) is 0.783. The van der Waals surface area contributed by atoms with Crippen LogP contribution in [0.1, 0.15) is 11.1 Å². The number of alkyl halides is 4. The van der Waals surface area contributed by atoms with Gasteiger partial charge >= 0.3 is 6.18 Å². The highest BCUT2D eigenvalue weighted by atomic mass is 79.9. The molecule has 0 N–H and O–H groups in total. The van der Waals surface area contributed by atoms with Gasteiger partial charge in [0, 0.05) is 5.33 Å². The quantitative estimate of drug-likeness (QED) is 0.663. The third-order valence-electron chi connectivity index (χ3n) is 1.44. The van der Waals surface area contributed by atoms with E-state index in [1.165, 1.54) is 12.1 Å². The molecule has 1 aromatic carbocycles. The number of halogens is 4. The zero-order valence-corrected chi connectivity index (χ0v) is 7.61. The van der Waals surface area contributed by atoms with Crippen molar-refractivity contribution in [3.05, 3.63) is 35.4 Å². The normalized spacial score (nSPS) is 11.7. The lowest BCUT2D eigenvalue weighted by Gasteiger charge is -2.05. The Bertz CT molecular complexity index is 250. The largest absolute Gasteiger partial charge is 0.416 e. The van der Waals surface area contributed by atoms with Gasteiger partial charge in [-0.05, 0) is 17.7 Å². The first kappa shape index (κ1) is 9.58. The van der Waals surface area contributed by atoms with E-state index in [9.17, 15) is 13.2 Å². The van der Waals surface area contributed by atoms with Gasteiger partial charge in [0.15, 0.2) is 0 Å². The Morgan fingerprint density at radius 2 is 1.58 bits per heavy atom. The van der Waals surface area contributed by atoms with Gasteiger partial charge in [0.2, 0.25) is 0 Å². The van der Waals surface area contributed by atoms with E-state index in [2.05, 4.69) is 15.9 Å². The molecule has 0 aliphatic heterocycles. The summed E-state index contributed by atoms with van der Waals surface area (Å²) in [5, 5.41) is 0.575. The molecule has 0 aliphatic rings. The highest BCUT2D eigenvalue weighted by molar-refractivity contribution is 9.08. The third kappa shape index (κ3) is 2.24. The van der Waals surface area contributed by atoms with Crippen molar-refractivity contribution < 1.29 is 13.2 Å². The van der Waals surface area contributed by atoms with Crippen molar-refractivity contribution in [2.75, 3.05) is 0 Å². The standard InChI is InChI=1S/C8H6BrF3/c9-5-6-1-3-7(4-2-6)8(10,11)12/h1-4H,5H2/i1+1,2+1,3+1,4+1,6+1,7+1. The Kier molecular flexibility index (Phi) is 2.77. The minimum Gasteiger partial charge on any atom is -0.166 e. The monoisotopic (exact) mass is 244 g/mol. The van der Waals surface area contributed by atoms with Crippen molar-refractivity contribution in [2.24, 2.45) is 0 Å². The van der Waals surface area contributed by atoms with Gasteiger partial charge < -0.3 is 0 Å². The van der Waals surface area contributed by atoms with Crippen molar-refractivity contribution in [2.45, 2.75) is 11.5 Å². The van der Waals surface area contributed by atoms with Gasteiger partial charge in [0.25, 0.3) is 0 Å². The van der Waals surface area contributed by atoms with E-state index in [-0.39, 0.29) is 0 Å². The van der Waals surface area contributed by atoms with Crippen molar-refractivity contribution in [3.8, 4) is 0 Å². The summed E-state index contributed by atoms with van der Waals surface area (Å²) in [7, 11) is 0. The van der Waals surface area contributed by atoms with Gasteiger partial charge in [-0.25, -0.2) is 0 Å². The maximum absolute atomic E-state index is 12.0. The molecule has 0 saturated heterocycles. The van der Waals surface area contributed by atoms with E-state index in [0.717, 1.165) is 17.7 Å². The van der Waals surface area contributed by atoms with E-state index < -0.39 is 11.7 Å².